The maximum Gasteiger partial charge on any atom is 0.230 e. The molecule has 1 amide bonds. The Labute approximate surface area is 124 Å². The lowest BCUT2D eigenvalue weighted by Gasteiger charge is -2.22. The first-order valence-electron chi connectivity index (χ1n) is 7.18. The standard InChI is InChI=1S/C16H21NO2S/c1-12(18)13-6-5-9-15(10-13)20-11-16(19)17-14-7-3-2-4-8-14/h5-6,9-10,14H,2-4,7-8,11H2,1H3,(H,17,19). The molecule has 1 aromatic carbocycles. The molecule has 1 fully saturated rings. The molecule has 0 radical (unpaired) electrons. The zero-order valence-electron chi connectivity index (χ0n) is 11.9. The van der Waals surface area contributed by atoms with Gasteiger partial charge in [-0.15, -0.1) is 11.8 Å². The van der Waals surface area contributed by atoms with Crippen LogP contribution < -0.4 is 5.32 Å². The number of carbonyl (C=O) groups excluding carboxylic acids is 2. The molecule has 1 aliphatic rings. The van der Waals surface area contributed by atoms with E-state index in [1.54, 1.807) is 13.0 Å². The summed E-state index contributed by atoms with van der Waals surface area (Å²) in [6.07, 6.45) is 5.95. The van der Waals surface area contributed by atoms with E-state index in [4.69, 9.17) is 0 Å². The summed E-state index contributed by atoms with van der Waals surface area (Å²) in [5.41, 5.74) is 0.697. The Morgan fingerprint density at radius 1 is 1.25 bits per heavy atom. The van der Waals surface area contributed by atoms with E-state index >= 15 is 0 Å². The molecule has 1 aromatic rings. The van der Waals surface area contributed by atoms with Crippen LogP contribution in [0.15, 0.2) is 29.2 Å². The Morgan fingerprint density at radius 3 is 2.70 bits per heavy atom. The molecule has 2 rings (SSSR count). The molecule has 1 saturated carbocycles. The number of nitrogens with one attached hydrogen (secondary N) is 1. The van der Waals surface area contributed by atoms with Crippen molar-refractivity contribution < 1.29 is 9.59 Å². The molecular weight excluding hydrogens is 270 g/mol. The summed E-state index contributed by atoms with van der Waals surface area (Å²) >= 11 is 1.48. The molecule has 20 heavy (non-hydrogen) atoms. The second kappa shape index (κ2) is 7.48. The lowest BCUT2D eigenvalue weighted by molar-refractivity contribution is -0.119. The van der Waals surface area contributed by atoms with Gasteiger partial charge in [0.15, 0.2) is 5.78 Å². The molecule has 0 unspecified atom stereocenters. The van der Waals surface area contributed by atoms with Crippen molar-refractivity contribution >= 4 is 23.5 Å². The van der Waals surface area contributed by atoms with Crippen LogP contribution in [0.4, 0.5) is 0 Å². The summed E-state index contributed by atoms with van der Waals surface area (Å²) < 4.78 is 0. The number of carbonyl (C=O) groups is 2. The molecule has 4 heteroatoms. The van der Waals surface area contributed by atoms with E-state index in [0.29, 0.717) is 17.4 Å². The predicted octanol–water partition coefficient (Wildman–Crippen LogP) is 3.43. The van der Waals surface area contributed by atoms with Crippen molar-refractivity contribution in [2.24, 2.45) is 0 Å². The smallest absolute Gasteiger partial charge is 0.230 e. The zero-order chi connectivity index (χ0) is 14.4. The van der Waals surface area contributed by atoms with Crippen LogP contribution in [-0.2, 0) is 4.79 Å². The van der Waals surface area contributed by atoms with Crippen LogP contribution >= 0.6 is 11.8 Å². The highest BCUT2D eigenvalue weighted by molar-refractivity contribution is 8.00. The van der Waals surface area contributed by atoms with Crippen molar-refractivity contribution in [3.8, 4) is 0 Å². The van der Waals surface area contributed by atoms with Crippen LogP contribution in [0.5, 0.6) is 0 Å². The van der Waals surface area contributed by atoms with E-state index in [2.05, 4.69) is 5.32 Å². The molecule has 0 aromatic heterocycles. The lowest BCUT2D eigenvalue weighted by Crippen LogP contribution is -2.37. The van der Waals surface area contributed by atoms with Gasteiger partial charge < -0.3 is 5.32 Å². The highest BCUT2D eigenvalue weighted by Gasteiger charge is 2.15. The highest BCUT2D eigenvalue weighted by Crippen LogP contribution is 2.20. The zero-order valence-corrected chi connectivity index (χ0v) is 12.7. The Morgan fingerprint density at radius 2 is 2.00 bits per heavy atom. The maximum atomic E-state index is 11.9. The maximum absolute atomic E-state index is 11.9. The van der Waals surface area contributed by atoms with Crippen LogP contribution in [-0.4, -0.2) is 23.5 Å². The molecule has 108 valence electrons. The predicted molar refractivity (Wildman–Crippen MR) is 82.2 cm³/mol. The Balaban J connectivity index is 1.80. The van der Waals surface area contributed by atoms with Gasteiger partial charge in [0.2, 0.25) is 5.91 Å². The summed E-state index contributed by atoms with van der Waals surface area (Å²) in [6, 6.07) is 7.80. The number of thioether (sulfide) groups is 1. The minimum Gasteiger partial charge on any atom is -0.353 e. The van der Waals surface area contributed by atoms with Crippen molar-refractivity contribution in [1.82, 2.24) is 5.32 Å². The van der Waals surface area contributed by atoms with Crippen molar-refractivity contribution in [2.75, 3.05) is 5.75 Å². The van der Waals surface area contributed by atoms with Crippen molar-refractivity contribution in [1.29, 1.82) is 0 Å². The van der Waals surface area contributed by atoms with E-state index in [0.717, 1.165) is 17.7 Å². The molecule has 0 atom stereocenters. The molecule has 0 heterocycles. The minimum atomic E-state index is 0.0547. The van der Waals surface area contributed by atoms with Gasteiger partial charge >= 0.3 is 0 Å². The highest BCUT2D eigenvalue weighted by atomic mass is 32.2. The normalized spacial score (nSPS) is 15.8. The third kappa shape index (κ3) is 4.67. The number of ketones is 1. The van der Waals surface area contributed by atoms with Gasteiger partial charge in [0.05, 0.1) is 5.75 Å². The van der Waals surface area contributed by atoms with Gasteiger partial charge in [-0.1, -0.05) is 31.4 Å². The van der Waals surface area contributed by atoms with E-state index < -0.39 is 0 Å². The number of rotatable bonds is 5. The minimum absolute atomic E-state index is 0.0547. The first-order chi connectivity index (χ1) is 9.65. The molecule has 3 nitrogen and oxygen atoms in total. The second-order valence-corrected chi connectivity index (χ2v) is 6.32. The van der Waals surface area contributed by atoms with Gasteiger partial charge in [-0.3, -0.25) is 9.59 Å². The summed E-state index contributed by atoms with van der Waals surface area (Å²) in [7, 11) is 0. The first kappa shape index (κ1) is 15.1. The van der Waals surface area contributed by atoms with Gasteiger partial charge in [-0.25, -0.2) is 0 Å². The Hall–Kier alpha value is -1.29. The molecule has 0 bridgehead atoms. The van der Waals surface area contributed by atoms with Gasteiger partial charge in [-0.05, 0) is 31.9 Å². The molecule has 1 N–H and O–H groups in total. The summed E-state index contributed by atoms with van der Waals surface area (Å²) in [4.78, 5) is 24.2. The molecule has 0 saturated heterocycles. The SMILES string of the molecule is CC(=O)c1cccc(SCC(=O)NC2CCCCC2)c1. The fraction of sp³-hybridized carbons (Fsp3) is 0.500. The molecule has 1 aliphatic carbocycles. The molecular formula is C16H21NO2S. The third-order valence-corrected chi connectivity index (χ3v) is 4.57. The Bertz CT molecular complexity index is 481. The quantitative estimate of drug-likeness (QED) is 0.668. The first-order valence-corrected chi connectivity index (χ1v) is 8.17. The molecule has 0 aliphatic heterocycles. The number of hydrogen-bond acceptors (Lipinski definition) is 3. The summed E-state index contributed by atoms with van der Waals surface area (Å²) in [5.74, 6) is 0.562. The van der Waals surface area contributed by atoms with Gasteiger partial charge in [-0.2, -0.15) is 0 Å². The van der Waals surface area contributed by atoms with Crippen molar-refractivity contribution in [3.63, 3.8) is 0 Å². The number of Topliss-reactive ketones (excluding diaryl/α,β-unsaturated/α-hetero) is 1. The largest absolute Gasteiger partial charge is 0.353 e. The average Bonchev–Trinajstić information content (AvgIpc) is 2.46. The monoisotopic (exact) mass is 291 g/mol. The van der Waals surface area contributed by atoms with Gasteiger partial charge in [0.25, 0.3) is 0 Å². The van der Waals surface area contributed by atoms with Crippen LogP contribution in [0, 0.1) is 0 Å². The van der Waals surface area contributed by atoms with Gasteiger partial charge in [0, 0.05) is 16.5 Å². The lowest BCUT2D eigenvalue weighted by atomic mass is 9.95. The number of hydrogen-bond donors (Lipinski definition) is 1. The second-order valence-electron chi connectivity index (χ2n) is 5.28. The van der Waals surface area contributed by atoms with E-state index in [-0.39, 0.29) is 11.7 Å². The summed E-state index contributed by atoms with van der Waals surface area (Å²) in [6.45, 7) is 1.56. The van der Waals surface area contributed by atoms with E-state index in [9.17, 15) is 9.59 Å². The third-order valence-electron chi connectivity index (χ3n) is 3.58. The fourth-order valence-corrected chi connectivity index (χ4v) is 3.24. The average molecular weight is 291 g/mol. The molecule has 0 spiro atoms. The van der Waals surface area contributed by atoms with Crippen LogP contribution in [0.1, 0.15) is 49.4 Å². The topological polar surface area (TPSA) is 46.2 Å². The van der Waals surface area contributed by atoms with Crippen LogP contribution in [0.3, 0.4) is 0 Å². The van der Waals surface area contributed by atoms with Crippen LogP contribution in [0.25, 0.3) is 0 Å². The van der Waals surface area contributed by atoms with Gasteiger partial charge in [0.1, 0.15) is 0 Å². The van der Waals surface area contributed by atoms with E-state index in [1.165, 1.54) is 31.0 Å². The Kier molecular flexibility index (Phi) is 5.65. The summed E-state index contributed by atoms with van der Waals surface area (Å²) in [5, 5.41) is 3.10. The van der Waals surface area contributed by atoms with Crippen molar-refractivity contribution in [2.45, 2.75) is 50.0 Å². The van der Waals surface area contributed by atoms with Crippen molar-refractivity contribution in [3.05, 3.63) is 29.8 Å². The number of benzene rings is 1. The van der Waals surface area contributed by atoms with Crippen LogP contribution in [0.2, 0.25) is 0 Å². The number of amides is 1. The fourth-order valence-electron chi connectivity index (χ4n) is 2.47. The van der Waals surface area contributed by atoms with E-state index in [1.807, 2.05) is 18.2 Å².